The predicted molar refractivity (Wildman–Crippen MR) is 93.7 cm³/mol. The van der Waals surface area contributed by atoms with Gasteiger partial charge in [-0.1, -0.05) is 42.5 Å². The number of likely N-dealkylation sites (N-methyl/N-ethyl adjacent to an activating group) is 1. The van der Waals surface area contributed by atoms with Crippen LogP contribution in [-0.4, -0.2) is 31.0 Å². The molecule has 1 amide bonds. The smallest absolute Gasteiger partial charge is 0.246 e. The number of rotatable bonds is 6. The molecule has 0 aliphatic rings. The minimum atomic E-state index is -0.358. The largest absolute Gasteiger partial charge is 0.489 e. The van der Waals surface area contributed by atoms with Gasteiger partial charge in [-0.05, 0) is 45.6 Å². The lowest BCUT2D eigenvalue weighted by Gasteiger charge is -2.24. The third kappa shape index (κ3) is 4.57. The second kappa shape index (κ2) is 7.79. The van der Waals surface area contributed by atoms with Crippen LogP contribution in [0, 0.1) is 0 Å². The van der Waals surface area contributed by atoms with Gasteiger partial charge in [-0.25, -0.2) is 0 Å². The molecule has 4 heteroatoms. The first-order valence-corrected chi connectivity index (χ1v) is 7.77. The highest BCUT2D eigenvalue weighted by molar-refractivity contribution is 5.96. The molecule has 0 radical (unpaired) electrons. The summed E-state index contributed by atoms with van der Waals surface area (Å²) in [4.78, 5) is 14.7. The van der Waals surface area contributed by atoms with Crippen molar-refractivity contribution >= 4 is 11.6 Å². The fraction of sp³-hybridized carbons (Fsp3) is 0.316. The van der Waals surface area contributed by atoms with E-state index < -0.39 is 0 Å². The zero-order chi connectivity index (χ0) is 16.8. The average molecular weight is 312 g/mol. The molecule has 0 saturated heterocycles. The summed E-state index contributed by atoms with van der Waals surface area (Å²) in [6, 6.07) is 16.9. The second-order valence-electron chi connectivity index (χ2n) is 5.93. The van der Waals surface area contributed by atoms with Crippen molar-refractivity contribution in [1.82, 2.24) is 4.90 Å². The Morgan fingerprint density at radius 2 is 1.61 bits per heavy atom. The molecular weight excluding hydrogens is 288 g/mol. The predicted octanol–water partition coefficient (Wildman–Crippen LogP) is 3.72. The van der Waals surface area contributed by atoms with Crippen molar-refractivity contribution in [2.45, 2.75) is 26.0 Å². The first-order valence-electron chi connectivity index (χ1n) is 7.77. The van der Waals surface area contributed by atoms with Crippen LogP contribution in [-0.2, 0) is 4.79 Å². The number of nitrogens with one attached hydrogen (secondary N) is 1. The summed E-state index contributed by atoms with van der Waals surface area (Å²) < 4.78 is 5.76. The Kier molecular flexibility index (Phi) is 5.77. The lowest BCUT2D eigenvalue weighted by molar-refractivity contribution is -0.120. The molecule has 2 rings (SSSR count). The molecule has 2 aromatic rings. The average Bonchev–Trinajstić information content (AvgIpc) is 2.49. The number of hydrogen-bond donors (Lipinski definition) is 1. The lowest BCUT2D eigenvalue weighted by Crippen LogP contribution is -2.32. The number of carbonyl (C=O) groups excluding carboxylic acids is 1. The van der Waals surface area contributed by atoms with Gasteiger partial charge in [0.25, 0.3) is 0 Å². The number of amides is 1. The molecule has 1 atom stereocenters. The van der Waals surface area contributed by atoms with Crippen LogP contribution < -0.4 is 10.1 Å². The topological polar surface area (TPSA) is 41.6 Å². The fourth-order valence-corrected chi connectivity index (χ4v) is 2.45. The summed E-state index contributed by atoms with van der Waals surface area (Å²) in [5.74, 6) is 0.599. The van der Waals surface area contributed by atoms with Crippen LogP contribution in [0.25, 0.3) is 0 Å². The van der Waals surface area contributed by atoms with Gasteiger partial charge >= 0.3 is 0 Å². The zero-order valence-corrected chi connectivity index (χ0v) is 14.1. The van der Waals surface area contributed by atoms with E-state index in [1.165, 1.54) is 0 Å². The number of benzene rings is 2. The molecule has 0 saturated carbocycles. The van der Waals surface area contributed by atoms with Crippen LogP contribution in [0.2, 0.25) is 0 Å². The van der Waals surface area contributed by atoms with Crippen molar-refractivity contribution in [3.8, 4) is 5.75 Å². The van der Waals surface area contributed by atoms with E-state index in [0.29, 0.717) is 11.4 Å². The molecule has 1 N–H and O–H groups in total. The van der Waals surface area contributed by atoms with Crippen molar-refractivity contribution in [2.24, 2.45) is 0 Å². The summed E-state index contributed by atoms with van der Waals surface area (Å²) in [5.41, 5.74) is 1.64. The maximum absolute atomic E-state index is 12.8. The van der Waals surface area contributed by atoms with Crippen LogP contribution in [0.15, 0.2) is 54.6 Å². The number of para-hydroxylation sites is 2. The number of carbonyl (C=O) groups is 1. The molecule has 0 heterocycles. The van der Waals surface area contributed by atoms with Crippen LogP contribution in [0.3, 0.4) is 0 Å². The summed E-state index contributed by atoms with van der Waals surface area (Å²) >= 11 is 0. The van der Waals surface area contributed by atoms with Gasteiger partial charge in [0.1, 0.15) is 11.8 Å². The van der Waals surface area contributed by atoms with E-state index >= 15 is 0 Å². The maximum atomic E-state index is 12.8. The van der Waals surface area contributed by atoms with Gasteiger partial charge < -0.3 is 10.1 Å². The molecule has 0 bridgehead atoms. The molecule has 2 aromatic carbocycles. The minimum Gasteiger partial charge on any atom is -0.489 e. The molecular formula is C19H24N2O2. The Morgan fingerprint density at radius 1 is 1.00 bits per heavy atom. The van der Waals surface area contributed by atoms with Gasteiger partial charge in [0, 0.05) is 0 Å². The third-order valence-corrected chi connectivity index (χ3v) is 3.39. The summed E-state index contributed by atoms with van der Waals surface area (Å²) in [6.45, 7) is 3.93. The molecule has 23 heavy (non-hydrogen) atoms. The van der Waals surface area contributed by atoms with E-state index in [2.05, 4.69) is 5.32 Å². The zero-order valence-electron chi connectivity index (χ0n) is 14.1. The minimum absolute atomic E-state index is 0.0480. The van der Waals surface area contributed by atoms with Gasteiger partial charge in [0.05, 0.1) is 11.8 Å². The standard InChI is InChI=1S/C19H24N2O2/c1-14(2)23-17-13-9-8-12-16(17)20-19(22)18(21(3)4)15-10-6-5-7-11-15/h5-14,18H,1-4H3,(H,20,22). The number of hydrogen-bond acceptors (Lipinski definition) is 3. The molecule has 1 unspecified atom stereocenters. The maximum Gasteiger partial charge on any atom is 0.246 e. The molecule has 122 valence electrons. The Labute approximate surface area is 138 Å². The molecule has 0 spiro atoms. The summed E-state index contributed by atoms with van der Waals surface area (Å²) in [5, 5.41) is 2.99. The first kappa shape index (κ1) is 17.0. The van der Waals surface area contributed by atoms with E-state index in [1.54, 1.807) is 0 Å². The normalized spacial score (nSPS) is 12.3. The van der Waals surface area contributed by atoms with Gasteiger partial charge in [-0.15, -0.1) is 0 Å². The van der Waals surface area contributed by atoms with E-state index in [1.807, 2.05) is 87.4 Å². The van der Waals surface area contributed by atoms with Crippen molar-refractivity contribution in [2.75, 3.05) is 19.4 Å². The van der Waals surface area contributed by atoms with Crippen molar-refractivity contribution in [3.05, 3.63) is 60.2 Å². The van der Waals surface area contributed by atoms with E-state index in [4.69, 9.17) is 4.74 Å². The molecule has 0 aliphatic carbocycles. The van der Waals surface area contributed by atoms with Crippen LogP contribution in [0.5, 0.6) is 5.75 Å². The molecule has 0 fully saturated rings. The van der Waals surface area contributed by atoms with Gasteiger partial charge in [-0.3, -0.25) is 9.69 Å². The van der Waals surface area contributed by atoms with Crippen molar-refractivity contribution in [1.29, 1.82) is 0 Å². The highest BCUT2D eigenvalue weighted by atomic mass is 16.5. The highest BCUT2D eigenvalue weighted by Crippen LogP contribution is 2.27. The van der Waals surface area contributed by atoms with Gasteiger partial charge in [0.2, 0.25) is 5.91 Å². The molecule has 0 aromatic heterocycles. The quantitative estimate of drug-likeness (QED) is 0.884. The number of nitrogens with zero attached hydrogens (tertiary/aromatic N) is 1. The number of anilines is 1. The number of ether oxygens (including phenoxy) is 1. The van der Waals surface area contributed by atoms with E-state index in [0.717, 1.165) is 5.56 Å². The van der Waals surface area contributed by atoms with Crippen LogP contribution in [0.1, 0.15) is 25.5 Å². The third-order valence-electron chi connectivity index (χ3n) is 3.39. The van der Waals surface area contributed by atoms with Crippen LogP contribution in [0.4, 0.5) is 5.69 Å². The van der Waals surface area contributed by atoms with Gasteiger partial charge in [-0.2, -0.15) is 0 Å². The van der Waals surface area contributed by atoms with Crippen LogP contribution >= 0.6 is 0 Å². The van der Waals surface area contributed by atoms with Gasteiger partial charge in [0.15, 0.2) is 0 Å². The molecule has 0 aliphatic heterocycles. The summed E-state index contributed by atoms with van der Waals surface area (Å²) in [7, 11) is 3.79. The first-order chi connectivity index (χ1) is 11.0. The Bertz CT molecular complexity index is 639. The molecule has 4 nitrogen and oxygen atoms in total. The van der Waals surface area contributed by atoms with Crippen molar-refractivity contribution in [3.63, 3.8) is 0 Å². The second-order valence-corrected chi connectivity index (χ2v) is 5.93. The van der Waals surface area contributed by atoms with E-state index in [-0.39, 0.29) is 18.1 Å². The highest BCUT2D eigenvalue weighted by Gasteiger charge is 2.23. The van der Waals surface area contributed by atoms with E-state index in [9.17, 15) is 4.79 Å². The summed E-state index contributed by atoms with van der Waals surface area (Å²) in [6.07, 6.45) is 0.0480. The monoisotopic (exact) mass is 312 g/mol. The lowest BCUT2D eigenvalue weighted by atomic mass is 10.1. The Hall–Kier alpha value is -2.33. The Balaban J connectivity index is 2.23. The Morgan fingerprint density at radius 3 is 2.22 bits per heavy atom. The fourth-order valence-electron chi connectivity index (χ4n) is 2.45. The van der Waals surface area contributed by atoms with Crippen molar-refractivity contribution < 1.29 is 9.53 Å². The SMILES string of the molecule is CC(C)Oc1ccccc1NC(=O)C(c1ccccc1)N(C)C.